The summed E-state index contributed by atoms with van der Waals surface area (Å²) in [5, 5.41) is 25.9. The Balaban J connectivity index is 0.000000444. The minimum Gasteiger partial charge on any atom is -0.855 e. The molecule has 2 nitrogen and oxygen atoms in total. The third-order valence-corrected chi connectivity index (χ3v) is 4.07. The molecule has 0 fully saturated rings. The monoisotopic (exact) mass is 518 g/mol. The van der Waals surface area contributed by atoms with Crippen LogP contribution in [0.15, 0.2) is 97.1 Å². The molecule has 5 aromatic carbocycles. The molecule has 0 aliphatic carbocycles. The van der Waals surface area contributed by atoms with Gasteiger partial charge >= 0.3 is 26.2 Å². The average Bonchev–Trinajstić information content (AvgIpc) is 3.40. The second kappa shape index (κ2) is 18.7. The van der Waals surface area contributed by atoms with Crippen LogP contribution in [0.2, 0.25) is 13.1 Å². The minimum absolute atomic E-state index is 0. The van der Waals surface area contributed by atoms with E-state index in [-0.39, 0.29) is 39.4 Å². The Morgan fingerprint density at radius 2 is 1.03 bits per heavy atom. The molecule has 0 atom stereocenters. The molecular formula is C28H32O2SiZr. The first kappa shape index (κ1) is 30.2. The first-order valence-corrected chi connectivity index (χ1v) is 12.5. The van der Waals surface area contributed by atoms with Gasteiger partial charge in [-0.25, -0.2) is 0 Å². The third kappa shape index (κ3) is 10.2. The van der Waals surface area contributed by atoms with Gasteiger partial charge in [-0.2, -0.15) is 17.5 Å². The van der Waals surface area contributed by atoms with Crippen molar-refractivity contribution in [2.75, 3.05) is 13.2 Å². The Labute approximate surface area is 214 Å². The van der Waals surface area contributed by atoms with Gasteiger partial charge in [0.2, 0.25) is 0 Å². The second-order valence-corrected chi connectivity index (χ2v) is 7.55. The minimum atomic E-state index is 0. The van der Waals surface area contributed by atoms with Crippen molar-refractivity contribution in [3.05, 3.63) is 97.1 Å². The fourth-order valence-electron chi connectivity index (χ4n) is 2.97. The summed E-state index contributed by atoms with van der Waals surface area (Å²) in [4.78, 5) is 0. The molecule has 0 N–H and O–H groups in total. The van der Waals surface area contributed by atoms with Gasteiger partial charge in [-0.1, -0.05) is 69.4 Å². The van der Waals surface area contributed by atoms with Crippen LogP contribution >= 0.6 is 0 Å². The van der Waals surface area contributed by atoms with E-state index in [4.69, 9.17) is 10.2 Å². The van der Waals surface area contributed by atoms with Crippen LogP contribution in [0.4, 0.5) is 0 Å². The molecule has 0 aliphatic heterocycles. The molecule has 0 spiro atoms. The zero-order chi connectivity index (χ0) is 22.9. The molecule has 5 rings (SSSR count). The van der Waals surface area contributed by atoms with Crippen LogP contribution < -0.4 is 10.2 Å². The molecular weight excluding hydrogens is 488 g/mol. The van der Waals surface area contributed by atoms with Crippen molar-refractivity contribution in [1.82, 2.24) is 0 Å². The van der Waals surface area contributed by atoms with E-state index in [2.05, 4.69) is 110 Å². The number of benzene rings is 3. The van der Waals surface area contributed by atoms with Crippen LogP contribution in [0.5, 0.6) is 0 Å². The molecule has 0 saturated carbocycles. The van der Waals surface area contributed by atoms with E-state index in [0.29, 0.717) is 0 Å². The van der Waals surface area contributed by atoms with Gasteiger partial charge in [0.05, 0.1) is 0 Å². The van der Waals surface area contributed by atoms with E-state index < -0.39 is 0 Å². The van der Waals surface area contributed by atoms with Crippen LogP contribution in [-0.2, 0) is 26.2 Å². The summed E-state index contributed by atoms with van der Waals surface area (Å²) in [6.45, 7) is 7.44. The van der Waals surface area contributed by atoms with Crippen molar-refractivity contribution in [3.63, 3.8) is 0 Å². The number of hydrogen-bond acceptors (Lipinski definition) is 2. The summed E-state index contributed by atoms with van der Waals surface area (Å²) in [7, 11) is 1.08. The molecule has 164 valence electrons. The van der Waals surface area contributed by atoms with Gasteiger partial charge < -0.3 is 10.2 Å². The van der Waals surface area contributed by atoms with Crippen LogP contribution in [0.3, 0.4) is 0 Å². The quantitative estimate of drug-likeness (QED) is 0.192. The first-order valence-electron chi connectivity index (χ1n) is 10.5. The van der Waals surface area contributed by atoms with Gasteiger partial charge in [-0.15, -0.1) is 82.6 Å². The van der Waals surface area contributed by atoms with Gasteiger partial charge in [-0.3, -0.25) is 0 Å². The average molecular weight is 520 g/mol. The van der Waals surface area contributed by atoms with Crippen molar-refractivity contribution < 1.29 is 36.4 Å². The van der Waals surface area contributed by atoms with E-state index in [1.165, 1.54) is 32.3 Å². The van der Waals surface area contributed by atoms with E-state index in [1.54, 1.807) is 13.8 Å². The maximum atomic E-state index is 8.93. The molecule has 5 aromatic rings. The summed E-state index contributed by atoms with van der Waals surface area (Å²) in [6, 6.07) is 33.9. The number of hydrogen-bond donors (Lipinski definition) is 0. The molecule has 4 heteroatoms. The molecule has 0 unspecified atom stereocenters. The van der Waals surface area contributed by atoms with E-state index in [1.807, 2.05) is 0 Å². The van der Waals surface area contributed by atoms with Gasteiger partial charge in [0.15, 0.2) is 0 Å². The fourth-order valence-corrected chi connectivity index (χ4v) is 2.97. The smallest absolute Gasteiger partial charge is 0.855 e. The van der Waals surface area contributed by atoms with Crippen molar-refractivity contribution in [3.8, 4) is 0 Å². The van der Waals surface area contributed by atoms with Crippen LogP contribution in [-0.4, -0.2) is 22.7 Å². The molecule has 0 aromatic heterocycles. The predicted molar refractivity (Wildman–Crippen MR) is 135 cm³/mol. The van der Waals surface area contributed by atoms with Crippen LogP contribution in [0.1, 0.15) is 13.8 Å². The van der Waals surface area contributed by atoms with Crippen molar-refractivity contribution in [2.24, 2.45) is 0 Å². The number of rotatable bonds is 0. The Morgan fingerprint density at radius 3 is 1.47 bits per heavy atom. The van der Waals surface area contributed by atoms with Gasteiger partial charge in [0.25, 0.3) is 0 Å². The van der Waals surface area contributed by atoms with Crippen LogP contribution in [0.25, 0.3) is 32.3 Å². The Hall–Kier alpha value is -1.84. The fraction of sp³-hybridized carbons (Fsp3) is 0.214. The molecule has 0 saturated heterocycles. The Morgan fingerprint density at radius 1 is 0.656 bits per heavy atom. The Bertz CT molecular complexity index is 1010. The zero-order valence-corrected chi connectivity index (χ0v) is 22.9. The summed E-state index contributed by atoms with van der Waals surface area (Å²) < 4.78 is 0. The molecule has 0 bridgehead atoms. The summed E-state index contributed by atoms with van der Waals surface area (Å²) in [6.07, 6.45) is 0. The predicted octanol–water partition coefficient (Wildman–Crippen LogP) is 5.79. The molecule has 0 aliphatic rings. The third-order valence-electron chi connectivity index (χ3n) is 4.07. The molecule has 32 heavy (non-hydrogen) atoms. The van der Waals surface area contributed by atoms with Crippen molar-refractivity contribution >= 4 is 41.8 Å². The summed E-state index contributed by atoms with van der Waals surface area (Å²) in [5.74, 6) is 0. The molecule has 2 radical (unpaired) electrons. The van der Waals surface area contributed by atoms with Crippen LogP contribution in [0, 0.1) is 0 Å². The van der Waals surface area contributed by atoms with Gasteiger partial charge in [0.1, 0.15) is 0 Å². The SMILES string of the molecule is CC[O-].CC[O-].C[Si]C.[Zr+4].c1ccc2[cH-]ccc2c1.c1ccc2c(c1)[cH-]c1ccccc12. The molecule has 0 amide bonds. The Kier molecular flexibility index (Phi) is 17.6. The van der Waals surface area contributed by atoms with E-state index in [9.17, 15) is 0 Å². The van der Waals surface area contributed by atoms with E-state index in [0.717, 1.165) is 9.52 Å². The maximum absolute atomic E-state index is 8.93. The normalized spacial score (nSPS) is 9.06. The van der Waals surface area contributed by atoms with Gasteiger partial charge in [-0.05, 0) is 0 Å². The summed E-state index contributed by atoms with van der Waals surface area (Å²) in [5.41, 5.74) is 0. The number of fused-ring (bicyclic) bond motifs is 4. The first-order chi connectivity index (χ1) is 15.2. The molecule has 0 heterocycles. The summed E-state index contributed by atoms with van der Waals surface area (Å²) >= 11 is 0. The van der Waals surface area contributed by atoms with Gasteiger partial charge in [0, 0.05) is 9.52 Å². The largest absolute Gasteiger partial charge is 4.00 e. The second-order valence-electron chi connectivity index (χ2n) is 6.55. The standard InChI is InChI=1S/C13H9.C9H7.2C2H5O.C2H6Si.Zr/c1-3-7-12-10(5-1)9-11-6-2-4-8-13(11)12;1-2-5-9-7-3-6-8(9)4-1;2*1-2-3;1-3-2;/h1-9H;1-7H;2*2H2,1H3;1-2H3;/q4*-1;;+4. The zero-order valence-electron chi connectivity index (χ0n) is 19.5. The maximum Gasteiger partial charge on any atom is 4.00 e. The van der Waals surface area contributed by atoms with Crippen molar-refractivity contribution in [1.29, 1.82) is 0 Å². The topological polar surface area (TPSA) is 46.1 Å². The van der Waals surface area contributed by atoms with Crippen molar-refractivity contribution in [2.45, 2.75) is 26.9 Å². The van der Waals surface area contributed by atoms with E-state index >= 15 is 0 Å².